The molecule has 0 aliphatic carbocycles. The molecule has 1 aromatic heterocycles. The van der Waals surface area contributed by atoms with Gasteiger partial charge in [-0.3, -0.25) is 10.1 Å². The minimum atomic E-state index is -0.628. The van der Waals surface area contributed by atoms with Gasteiger partial charge in [0.1, 0.15) is 5.60 Å². The van der Waals surface area contributed by atoms with Gasteiger partial charge in [-0.1, -0.05) is 60.7 Å². The second-order valence-electron chi connectivity index (χ2n) is 9.94. The Hall–Kier alpha value is -3.98. The summed E-state index contributed by atoms with van der Waals surface area (Å²) in [5.74, 6) is 0.293. The zero-order valence-electron chi connectivity index (χ0n) is 22.5. The average Bonchev–Trinajstić information content (AvgIpc) is 2.88. The van der Waals surface area contributed by atoms with E-state index in [1.807, 2.05) is 86.3 Å². The molecule has 202 valence electrons. The van der Waals surface area contributed by atoms with Crippen molar-refractivity contribution < 1.29 is 19.2 Å². The number of rotatable bonds is 12. The van der Waals surface area contributed by atoms with E-state index >= 15 is 0 Å². The van der Waals surface area contributed by atoms with Gasteiger partial charge in [-0.05, 0) is 38.0 Å². The lowest BCUT2D eigenvalue weighted by atomic mass is 10.1. The molecule has 0 aliphatic heterocycles. The van der Waals surface area contributed by atoms with E-state index < -0.39 is 16.6 Å². The number of carbonyl (C=O) groups is 1. The predicted octanol–water partition coefficient (Wildman–Crippen LogP) is 5.62. The van der Waals surface area contributed by atoms with Gasteiger partial charge in [-0.25, -0.2) is 9.78 Å². The first kappa shape index (κ1) is 28.6. The molecule has 0 saturated carbocycles. The van der Waals surface area contributed by atoms with Crippen LogP contribution in [0.5, 0.6) is 0 Å². The van der Waals surface area contributed by atoms with Gasteiger partial charge in [0.05, 0.1) is 11.5 Å². The van der Waals surface area contributed by atoms with E-state index in [4.69, 9.17) is 14.5 Å². The Morgan fingerprint density at radius 2 is 1.50 bits per heavy atom. The Bertz CT molecular complexity index is 1140. The fraction of sp³-hybridized carbons (Fsp3) is 0.379. The van der Waals surface area contributed by atoms with Gasteiger partial charge < -0.3 is 19.3 Å². The third-order valence-electron chi connectivity index (χ3n) is 5.70. The molecular weight excluding hydrogens is 484 g/mol. The predicted molar refractivity (Wildman–Crippen MR) is 147 cm³/mol. The Labute approximate surface area is 224 Å². The van der Waals surface area contributed by atoms with Crippen LogP contribution in [0.3, 0.4) is 0 Å². The normalized spacial score (nSPS) is 11.2. The van der Waals surface area contributed by atoms with Crippen LogP contribution >= 0.6 is 0 Å². The van der Waals surface area contributed by atoms with E-state index in [0.717, 1.165) is 11.1 Å². The summed E-state index contributed by atoms with van der Waals surface area (Å²) in [6.45, 7) is 7.40. The summed E-state index contributed by atoms with van der Waals surface area (Å²) in [5.41, 5.74) is 1.98. The Kier molecular flexibility index (Phi) is 10.2. The number of benzene rings is 2. The molecule has 0 spiro atoms. The molecule has 1 heterocycles. The van der Waals surface area contributed by atoms with Crippen molar-refractivity contribution in [3.05, 3.63) is 99.7 Å². The van der Waals surface area contributed by atoms with Gasteiger partial charge in [0, 0.05) is 51.5 Å². The van der Waals surface area contributed by atoms with Gasteiger partial charge in [0.15, 0.2) is 0 Å². The molecule has 38 heavy (non-hydrogen) atoms. The standard InChI is InChI=1S/C29H36N4O5/c1-29(2,3)38-28(34)31(19-20-37-4)18-17-25-15-16-26(33(35)36)27(30-25)32(21-23-11-7-5-8-12-23)22-24-13-9-6-10-14-24/h5-16H,17-22H2,1-4H3. The van der Waals surface area contributed by atoms with Crippen LogP contribution in [-0.4, -0.2) is 53.3 Å². The number of nitro groups is 1. The number of anilines is 1. The van der Waals surface area contributed by atoms with Crippen LogP contribution in [0.25, 0.3) is 0 Å². The molecule has 3 aromatic rings. The number of nitrogens with zero attached hydrogens (tertiary/aromatic N) is 4. The van der Waals surface area contributed by atoms with E-state index in [1.54, 1.807) is 18.1 Å². The van der Waals surface area contributed by atoms with Crippen LogP contribution in [0.4, 0.5) is 16.3 Å². The van der Waals surface area contributed by atoms with Gasteiger partial charge >= 0.3 is 11.8 Å². The first-order valence-corrected chi connectivity index (χ1v) is 12.6. The summed E-state index contributed by atoms with van der Waals surface area (Å²) in [6, 6.07) is 22.7. The quantitative estimate of drug-likeness (QED) is 0.226. The van der Waals surface area contributed by atoms with Gasteiger partial charge in [0.25, 0.3) is 0 Å². The van der Waals surface area contributed by atoms with Crippen molar-refractivity contribution in [1.29, 1.82) is 0 Å². The van der Waals surface area contributed by atoms with Crippen LogP contribution in [0.2, 0.25) is 0 Å². The molecule has 9 nitrogen and oxygen atoms in total. The van der Waals surface area contributed by atoms with Crippen LogP contribution in [0.1, 0.15) is 37.6 Å². The topological polar surface area (TPSA) is 98.0 Å². The highest BCUT2D eigenvalue weighted by Gasteiger charge is 2.25. The number of aromatic nitrogens is 1. The van der Waals surface area contributed by atoms with Crippen molar-refractivity contribution in [2.75, 3.05) is 31.7 Å². The first-order chi connectivity index (χ1) is 18.2. The SMILES string of the molecule is COCCN(CCc1ccc([N+](=O)[O-])c(N(Cc2ccccc2)Cc2ccccc2)n1)C(=O)OC(C)(C)C. The summed E-state index contributed by atoms with van der Waals surface area (Å²) in [4.78, 5) is 32.6. The van der Waals surface area contributed by atoms with Crippen molar-refractivity contribution >= 4 is 17.6 Å². The van der Waals surface area contributed by atoms with Crippen LogP contribution < -0.4 is 4.90 Å². The lowest BCUT2D eigenvalue weighted by Gasteiger charge is -2.27. The lowest BCUT2D eigenvalue weighted by molar-refractivity contribution is -0.384. The van der Waals surface area contributed by atoms with Crippen molar-refractivity contribution in [2.24, 2.45) is 0 Å². The number of methoxy groups -OCH3 is 1. The highest BCUT2D eigenvalue weighted by Crippen LogP contribution is 2.29. The van der Waals surface area contributed by atoms with Gasteiger partial charge in [-0.15, -0.1) is 0 Å². The molecule has 0 N–H and O–H groups in total. The Balaban J connectivity index is 1.90. The largest absolute Gasteiger partial charge is 0.444 e. The van der Waals surface area contributed by atoms with Crippen molar-refractivity contribution in [1.82, 2.24) is 9.88 Å². The van der Waals surface area contributed by atoms with Crippen LogP contribution in [-0.2, 0) is 29.0 Å². The third-order valence-corrected chi connectivity index (χ3v) is 5.70. The van der Waals surface area contributed by atoms with E-state index in [9.17, 15) is 14.9 Å². The monoisotopic (exact) mass is 520 g/mol. The fourth-order valence-corrected chi connectivity index (χ4v) is 3.88. The summed E-state index contributed by atoms with van der Waals surface area (Å²) in [5, 5.41) is 12.0. The highest BCUT2D eigenvalue weighted by molar-refractivity contribution is 5.68. The molecule has 0 saturated heterocycles. The molecule has 0 atom stereocenters. The number of pyridine rings is 1. The van der Waals surface area contributed by atoms with Crippen LogP contribution in [0, 0.1) is 10.1 Å². The minimum absolute atomic E-state index is 0.0657. The van der Waals surface area contributed by atoms with Crippen molar-refractivity contribution in [2.45, 2.75) is 45.9 Å². The molecule has 3 rings (SSSR count). The zero-order chi connectivity index (χ0) is 27.5. The number of carbonyl (C=O) groups excluding carboxylic acids is 1. The first-order valence-electron chi connectivity index (χ1n) is 12.6. The van der Waals surface area contributed by atoms with Gasteiger partial charge in [0.2, 0.25) is 5.82 Å². The molecule has 0 unspecified atom stereocenters. The number of hydrogen-bond acceptors (Lipinski definition) is 7. The van der Waals surface area contributed by atoms with Crippen LogP contribution in [0.15, 0.2) is 72.8 Å². The summed E-state index contributed by atoms with van der Waals surface area (Å²) in [7, 11) is 1.57. The maximum absolute atomic E-state index is 12.7. The average molecular weight is 521 g/mol. The molecule has 0 fully saturated rings. The fourth-order valence-electron chi connectivity index (χ4n) is 3.88. The maximum atomic E-state index is 12.7. The van der Waals surface area contributed by atoms with Crippen molar-refractivity contribution in [3.63, 3.8) is 0 Å². The Morgan fingerprint density at radius 1 is 0.921 bits per heavy atom. The van der Waals surface area contributed by atoms with E-state index in [0.29, 0.717) is 50.7 Å². The molecule has 0 aliphatic rings. The summed E-state index contributed by atoms with van der Waals surface area (Å²) in [6.07, 6.45) is -0.0372. The molecule has 0 bridgehead atoms. The number of ether oxygens (including phenoxy) is 2. The van der Waals surface area contributed by atoms with E-state index in [2.05, 4.69) is 0 Å². The molecule has 1 amide bonds. The van der Waals surface area contributed by atoms with E-state index in [1.165, 1.54) is 6.07 Å². The molecule has 0 radical (unpaired) electrons. The number of amides is 1. The minimum Gasteiger partial charge on any atom is -0.444 e. The third kappa shape index (κ3) is 8.85. The van der Waals surface area contributed by atoms with Crippen molar-refractivity contribution in [3.8, 4) is 0 Å². The summed E-state index contributed by atoms with van der Waals surface area (Å²) >= 11 is 0. The maximum Gasteiger partial charge on any atom is 0.410 e. The Morgan fingerprint density at radius 3 is 2.00 bits per heavy atom. The van der Waals surface area contributed by atoms with Gasteiger partial charge in [-0.2, -0.15) is 0 Å². The molecule has 9 heteroatoms. The smallest absolute Gasteiger partial charge is 0.410 e. The summed E-state index contributed by atoms with van der Waals surface area (Å²) < 4.78 is 10.7. The lowest BCUT2D eigenvalue weighted by Crippen LogP contribution is -2.39. The highest BCUT2D eigenvalue weighted by atomic mass is 16.6. The second kappa shape index (κ2) is 13.5. The zero-order valence-corrected chi connectivity index (χ0v) is 22.5. The molecule has 2 aromatic carbocycles. The van der Waals surface area contributed by atoms with E-state index in [-0.39, 0.29) is 5.69 Å². The second-order valence-corrected chi connectivity index (χ2v) is 9.94. The number of hydrogen-bond donors (Lipinski definition) is 0. The molecular formula is C29H36N4O5.